The standard InChI is InChI=1S/C22H33N5O2/c1-6-21(28)26-12-11-17(14-26)19-13-20-23-15(4)18(16(5)27(20)24-19)9-10-22(29)25(7-2)8-3/h13,17H,6-12,14H2,1-5H3. The third-order valence-corrected chi connectivity index (χ3v) is 6.15. The van der Waals surface area contributed by atoms with Crippen LogP contribution in [0, 0.1) is 13.8 Å². The van der Waals surface area contributed by atoms with Crippen molar-refractivity contribution in [2.45, 2.75) is 66.2 Å². The van der Waals surface area contributed by atoms with Gasteiger partial charge in [-0.3, -0.25) is 9.59 Å². The van der Waals surface area contributed by atoms with Gasteiger partial charge in [-0.1, -0.05) is 6.92 Å². The number of carbonyl (C=O) groups excluding carboxylic acids is 2. The molecule has 1 aliphatic rings. The van der Waals surface area contributed by atoms with E-state index in [1.54, 1.807) is 0 Å². The quantitative estimate of drug-likeness (QED) is 0.718. The van der Waals surface area contributed by atoms with Gasteiger partial charge in [0.2, 0.25) is 11.8 Å². The Kier molecular flexibility index (Phi) is 6.55. The Morgan fingerprint density at radius 3 is 2.59 bits per heavy atom. The highest BCUT2D eigenvalue weighted by molar-refractivity contribution is 5.76. The van der Waals surface area contributed by atoms with E-state index in [0.29, 0.717) is 19.3 Å². The highest BCUT2D eigenvalue weighted by Crippen LogP contribution is 2.28. The van der Waals surface area contributed by atoms with Gasteiger partial charge >= 0.3 is 0 Å². The first-order valence-corrected chi connectivity index (χ1v) is 10.8. The molecule has 3 rings (SSSR count). The molecule has 2 aromatic rings. The van der Waals surface area contributed by atoms with E-state index in [4.69, 9.17) is 10.1 Å². The lowest BCUT2D eigenvalue weighted by Crippen LogP contribution is -2.30. The van der Waals surface area contributed by atoms with Crippen molar-refractivity contribution in [3.8, 4) is 0 Å². The van der Waals surface area contributed by atoms with E-state index in [0.717, 1.165) is 60.9 Å². The Morgan fingerprint density at radius 2 is 1.93 bits per heavy atom. The van der Waals surface area contributed by atoms with Gasteiger partial charge in [-0.25, -0.2) is 9.50 Å². The summed E-state index contributed by atoms with van der Waals surface area (Å²) in [5, 5.41) is 4.83. The van der Waals surface area contributed by atoms with Gasteiger partial charge < -0.3 is 9.80 Å². The van der Waals surface area contributed by atoms with Gasteiger partial charge in [0.1, 0.15) is 0 Å². The number of nitrogens with zero attached hydrogens (tertiary/aromatic N) is 5. The molecule has 1 fully saturated rings. The lowest BCUT2D eigenvalue weighted by atomic mass is 10.1. The van der Waals surface area contributed by atoms with E-state index >= 15 is 0 Å². The maximum absolute atomic E-state index is 12.4. The summed E-state index contributed by atoms with van der Waals surface area (Å²) in [4.78, 5) is 32.9. The minimum absolute atomic E-state index is 0.182. The molecule has 0 bridgehead atoms. The number of aryl methyl sites for hydroxylation is 2. The van der Waals surface area contributed by atoms with Crippen molar-refractivity contribution in [3.05, 3.63) is 28.7 Å². The smallest absolute Gasteiger partial charge is 0.222 e. The third-order valence-electron chi connectivity index (χ3n) is 6.15. The van der Waals surface area contributed by atoms with E-state index in [1.807, 2.05) is 42.0 Å². The van der Waals surface area contributed by atoms with Gasteiger partial charge in [0, 0.05) is 62.4 Å². The second-order valence-corrected chi connectivity index (χ2v) is 7.85. The van der Waals surface area contributed by atoms with Gasteiger partial charge in [0.15, 0.2) is 5.65 Å². The van der Waals surface area contributed by atoms with E-state index in [-0.39, 0.29) is 17.7 Å². The Balaban J connectivity index is 1.80. The fourth-order valence-electron chi connectivity index (χ4n) is 4.32. The predicted molar refractivity (Wildman–Crippen MR) is 113 cm³/mol. The summed E-state index contributed by atoms with van der Waals surface area (Å²) in [6, 6.07) is 2.05. The number of amides is 2. The number of hydrogen-bond donors (Lipinski definition) is 0. The fourth-order valence-corrected chi connectivity index (χ4v) is 4.32. The van der Waals surface area contributed by atoms with Crippen LogP contribution < -0.4 is 0 Å². The van der Waals surface area contributed by atoms with Crippen molar-refractivity contribution in [3.63, 3.8) is 0 Å². The van der Waals surface area contributed by atoms with Crippen LogP contribution in [0.4, 0.5) is 0 Å². The zero-order valence-corrected chi connectivity index (χ0v) is 18.4. The maximum atomic E-state index is 12.4. The minimum Gasteiger partial charge on any atom is -0.343 e. The molecule has 1 saturated heterocycles. The van der Waals surface area contributed by atoms with Crippen molar-refractivity contribution in [2.24, 2.45) is 0 Å². The molecule has 0 aromatic carbocycles. The van der Waals surface area contributed by atoms with Crippen LogP contribution in [0.5, 0.6) is 0 Å². The maximum Gasteiger partial charge on any atom is 0.222 e. The summed E-state index contributed by atoms with van der Waals surface area (Å²) in [5.41, 5.74) is 4.95. The van der Waals surface area contributed by atoms with E-state index in [9.17, 15) is 9.59 Å². The molecule has 0 radical (unpaired) electrons. The van der Waals surface area contributed by atoms with Crippen molar-refractivity contribution < 1.29 is 9.59 Å². The van der Waals surface area contributed by atoms with Gasteiger partial charge in [-0.15, -0.1) is 0 Å². The summed E-state index contributed by atoms with van der Waals surface area (Å²) < 4.78 is 1.91. The third kappa shape index (κ3) is 4.28. The molecule has 7 nitrogen and oxygen atoms in total. The Morgan fingerprint density at radius 1 is 1.21 bits per heavy atom. The van der Waals surface area contributed by atoms with Crippen LogP contribution in [0.25, 0.3) is 5.65 Å². The van der Waals surface area contributed by atoms with Crippen LogP contribution in [0.1, 0.15) is 68.6 Å². The number of carbonyl (C=O) groups is 2. The molecule has 7 heteroatoms. The molecule has 2 aromatic heterocycles. The minimum atomic E-state index is 0.182. The fraction of sp³-hybridized carbons (Fsp3) is 0.636. The molecule has 158 valence electrons. The molecule has 2 amide bonds. The number of rotatable bonds is 7. The molecule has 1 unspecified atom stereocenters. The van der Waals surface area contributed by atoms with Crippen LogP contribution in [0.15, 0.2) is 6.07 Å². The van der Waals surface area contributed by atoms with Crippen LogP contribution in [0.2, 0.25) is 0 Å². The van der Waals surface area contributed by atoms with Crippen LogP contribution in [-0.4, -0.2) is 62.4 Å². The molecule has 0 saturated carbocycles. The highest BCUT2D eigenvalue weighted by Gasteiger charge is 2.28. The van der Waals surface area contributed by atoms with Crippen molar-refractivity contribution in [2.75, 3.05) is 26.2 Å². The van der Waals surface area contributed by atoms with Gasteiger partial charge in [0.05, 0.1) is 5.69 Å². The van der Waals surface area contributed by atoms with Crippen LogP contribution >= 0.6 is 0 Å². The summed E-state index contributed by atoms with van der Waals surface area (Å²) in [6.07, 6.45) is 2.65. The molecular formula is C22H33N5O2. The first-order valence-electron chi connectivity index (χ1n) is 10.8. The SMILES string of the molecule is CCC(=O)N1CCC(c2cc3nc(C)c(CCC(=O)N(CC)CC)c(C)n3n2)C1. The van der Waals surface area contributed by atoms with E-state index < -0.39 is 0 Å². The van der Waals surface area contributed by atoms with Crippen LogP contribution in [0.3, 0.4) is 0 Å². The first kappa shape index (κ1) is 21.3. The average molecular weight is 400 g/mol. The van der Waals surface area contributed by atoms with Gasteiger partial charge in [-0.05, 0) is 46.1 Å². The summed E-state index contributed by atoms with van der Waals surface area (Å²) in [6.45, 7) is 13.0. The van der Waals surface area contributed by atoms with E-state index in [2.05, 4.69) is 13.0 Å². The van der Waals surface area contributed by atoms with Gasteiger partial charge in [-0.2, -0.15) is 5.10 Å². The molecule has 0 aliphatic carbocycles. The second-order valence-electron chi connectivity index (χ2n) is 7.85. The lowest BCUT2D eigenvalue weighted by molar-refractivity contribution is -0.131. The molecule has 0 spiro atoms. The second kappa shape index (κ2) is 8.93. The number of fused-ring (bicyclic) bond motifs is 1. The van der Waals surface area contributed by atoms with Crippen molar-refractivity contribution >= 4 is 17.5 Å². The molecule has 1 atom stereocenters. The van der Waals surface area contributed by atoms with E-state index in [1.165, 1.54) is 0 Å². The topological polar surface area (TPSA) is 70.8 Å². The molecule has 3 heterocycles. The highest BCUT2D eigenvalue weighted by atomic mass is 16.2. The molecule has 29 heavy (non-hydrogen) atoms. The van der Waals surface area contributed by atoms with Crippen molar-refractivity contribution in [1.29, 1.82) is 0 Å². The first-order chi connectivity index (χ1) is 13.9. The normalized spacial score (nSPS) is 16.6. The largest absolute Gasteiger partial charge is 0.343 e. The van der Waals surface area contributed by atoms with Crippen molar-refractivity contribution in [1.82, 2.24) is 24.4 Å². The predicted octanol–water partition coefficient (Wildman–Crippen LogP) is 2.87. The number of likely N-dealkylation sites (tertiary alicyclic amines) is 1. The summed E-state index contributed by atoms with van der Waals surface area (Å²) in [5.74, 6) is 0.655. The molecular weight excluding hydrogens is 366 g/mol. The molecule has 0 N–H and O–H groups in total. The zero-order valence-electron chi connectivity index (χ0n) is 18.4. The monoisotopic (exact) mass is 399 g/mol. The van der Waals surface area contributed by atoms with Crippen LogP contribution in [-0.2, 0) is 16.0 Å². The Hall–Kier alpha value is -2.44. The summed E-state index contributed by atoms with van der Waals surface area (Å²) >= 11 is 0. The average Bonchev–Trinajstić information content (AvgIpc) is 3.35. The Bertz CT molecular complexity index is 900. The zero-order chi connectivity index (χ0) is 21.1. The number of hydrogen-bond acceptors (Lipinski definition) is 4. The molecule has 1 aliphatic heterocycles. The van der Waals surface area contributed by atoms with Gasteiger partial charge in [0.25, 0.3) is 0 Å². The lowest BCUT2D eigenvalue weighted by Gasteiger charge is -2.19. The summed E-state index contributed by atoms with van der Waals surface area (Å²) in [7, 11) is 0. The Labute approximate surface area is 173 Å². The number of aromatic nitrogens is 3.